The van der Waals surface area contributed by atoms with Crippen LogP contribution in [-0.2, 0) is 6.54 Å². The maximum Gasteiger partial charge on any atom is 0.353 e. The number of nitrogens with zero attached hydrogens (tertiary/aromatic N) is 3. The fourth-order valence-electron chi connectivity index (χ4n) is 1.69. The summed E-state index contributed by atoms with van der Waals surface area (Å²) in [5.41, 5.74) is 0.714. The van der Waals surface area contributed by atoms with Crippen molar-refractivity contribution in [3.8, 4) is 11.5 Å². The smallest absolute Gasteiger partial charge is 0.353 e. The van der Waals surface area contributed by atoms with Crippen molar-refractivity contribution in [2.24, 2.45) is 0 Å². The van der Waals surface area contributed by atoms with E-state index in [4.69, 9.17) is 5.11 Å². The number of carbonyl (C=O) groups is 1. The topological polar surface area (TPSA) is 95.8 Å². The predicted molar refractivity (Wildman–Crippen MR) is 55.3 cm³/mol. The van der Waals surface area contributed by atoms with Crippen LogP contribution >= 0.6 is 0 Å². The lowest BCUT2D eigenvalue weighted by Crippen LogP contribution is -1.96. The van der Waals surface area contributed by atoms with Crippen LogP contribution in [0.25, 0.3) is 11.5 Å². The molecule has 0 amide bonds. The van der Waals surface area contributed by atoms with Crippen LogP contribution in [0.3, 0.4) is 0 Å². The largest absolute Gasteiger partial charge is 0.477 e. The van der Waals surface area contributed by atoms with Gasteiger partial charge in [0.25, 0.3) is 0 Å². The molecular weight excluding hydrogens is 210 g/mol. The molecule has 0 fully saturated rings. The second-order valence-corrected chi connectivity index (χ2v) is 3.52. The summed E-state index contributed by atoms with van der Waals surface area (Å²) in [6.07, 6.45) is 3.13. The number of anilines is 1. The van der Waals surface area contributed by atoms with Crippen molar-refractivity contribution >= 4 is 11.9 Å². The SMILES string of the molecule is O=C(O)c1cnc(-c2cn3c(n2)NCC3)[nH]1. The van der Waals surface area contributed by atoms with Crippen molar-refractivity contribution in [2.75, 3.05) is 11.9 Å². The Bertz CT molecular complexity index is 535. The Kier molecular flexibility index (Phi) is 1.73. The molecule has 1 aliphatic heterocycles. The minimum absolute atomic E-state index is 0.0659. The van der Waals surface area contributed by atoms with Crippen LogP contribution in [0.5, 0.6) is 0 Å². The number of nitrogens with one attached hydrogen (secondary N) is 2. The molecule has 3 rings (SSSR count). The second kappa shape index (κ2) is 3.09. The molecule has 7 heteroatoms. The molecule has 0 saturated heterocycles. The van der Waals surface area contributed by atoms with Crippen LogP contribution < -0.4 is 5.32 Å². The molecule has 0 bridgehead atoms. The summed E-state index contributed by atoms with van der Waals surface area (Å²) in [6.45, 7) is 1.75. The van der Waals surface area contributed by atoms with Crippen molar-refractivity contribution in [2.45, 2.75) is 6.54 Å². The third kappa shape index (κ3) is 1.25. The lowest BCUT2D eigenvalue weighted by Gasteiger charge is -1.90. The van der Waals surface area contributed by atoms with Gasteiger partial charge in [-0.1, -0.05) is 0 Å². The summed E-state index contributed by atoms with van der Waals surface area (Å²) >= 11 is 0. The van der Waals surface area contributed by atoms with Crippen LogP contribution in [0.4, 0.5) is 5.95 Å². The molecule has 1 aliphatic rings. The number of aromatic nitrogens is 4. The summed E-state index contributed by atoms with van der Waals surface area (Å²) in [4.78, 5) is 21.7. The Balaban J connectivity index is 1.98. The van der Waals surface area contributed by atoms with E-state index in [1.54, 1.807) is 0 Å². The molecule has 0 radical (unpaired) electrons. The zero-order valence-electron chi connectivity index (χ0n) is 8.27. The molecule has 2 aromatic heterocycles. The summed E-state index contributed by atoms with van der Waals surface area (Å²) in [5, 5.41) is 11.9. The van der Waals surface area contributed by atoms with E-state index < -0.39 is 5.97 Å². The van der Waals surface area contributed by atoms with Gasteiger partial charge in [0, 0.05) is 19.3 Å². The lowest BCUT2D eigenvalue weighted by atomic mass is 10.4. The molecule has 0 saturated carbocycles. The molecule has 7 nitrogen and oxygen atoms in total. The maximum absolute atomic E-state index is 10.7. The number of fused-ring (bicyclic) bond motifs is 1. The number of hydrogen-bond acceptors (Lipinski definition) is 4. The van der Waals surface area contributed by atoms with Crippen molar-refractivity contribution in [1.82, 2.24) is 19.5 Å². The first-order chi connectivity index (χ1) is 7.74. The third-order valence-electron chi connectivity index (χ3n) is 2.46. The van der Waals surface area contributed by atoms with Gasteiger partial charge >= 0.3 is 5.97 Å². The Morgan fingerprint density at radius 3 is 3.12 bits per heavy atom. The average molecular weight is 219 g/mol. The molecule has 3 heterocycles. The number of carboxylic acids is 1. The van der Waals surface area contributed by atoms with Crippen molar-refractivity contribution in [3.05, 3.63) is 18.1 Å². The Morgan fingerprint density at radius 2 is 2.44 bits per heavy atom. The monoisotopic (exact) mass is 219 g/mol. The molecule has 0 unspecified atom stereocenters. The minimum Gasteiger partial charge on any atom is -0.477 e. The van der Waals surface area contributed by atoms with Crippen molar-refractivity contribution in [3.63, 3.8) is 0 Å². The first-order valence-corrected chi connectivity index (χ1v) is 4.84. The predicted octanol–water partition coefficient (Wildman–Crippen LogP) is 0.397. The summed E-state index contributed by atoms with van der Waals surface area (Å²) in [6, 6.07) is 0. The molecule has 82 valence electrons. The van der Waals surface area contributed by atoms with Gasteiger partial charge in [-0.05, 0) is 0 Å². The van der Waals surface area contributed by atoms with Crippen molar-refractivity contribution < 1.29 is 9.90 Å². The summed E-state index contributed by atoms with van der Waals surface area (Å²) in [7, 11) is 0. The Morgan fingerprint density at radius 1 is 1.56 bits per heavy atom. The van der Waals surface area contributed by atoms with Gasteiger partial charge in [-0.3, -0.25) is 0 Å². The van der Waals surface area contributed by atoms with E-state index in [0.29, 0.717) is 11.5 Å². The van der Waals surface area contributed by atoms with E-state index >= 15 is 0 Å². The Labute approximate surface area is 90.2 Å². The quantitative estimate of drug-likeness (QED) is 0.679. The number of rotatable bonds is 2. The van der Waals surface area contributed by atoms with Gasteiger partial charge in [0.2, 0.25) is 5.95 Å². The van der Waals surface area contributed by atoms with Gasteiger partial charge in [-0.15, -0.1) is 0 Å². The maximum atomic E-state index is 10.7. The highest BCUT2D eigenvalue weighted by atomic mass is 16.4. The van der Waals surface area contributed by atoms with E-state index in [9.17, 15) is 4.79 Å². The van der Waals surface area contributed by atoms with Crippen LogP contribution in [0, 0.1) is 0 Å². The number of aromatic amines is 1. The average Bonchev–Trinajstić information content (AvgIpc) is 2.91. The zero-order chi connectivity index (χ0) is 11.1. The molecule has 0 aromatic carbocycles. The third-order valence-corrected chi connectivity index (χ3v) is 2.46. The van der Waals surface area contributed by atoms with Crippen molar-refractivity contribution in [1.29, 1.82) is 0 Å². The summed E-state index contributed by atoms with van der Waals surface area (Å²) in [5.74, 6) is 0.244. The zero-order valence-corrected chi connectivity index (χ0v) is 8.27. The van der Waals surface area contributed by atoms with E-state index in [1.165, 1.54) is 6.20 Å². The van der Waals surface area contributed by atoms with Crippen LogP contribution in [0.2, 0.25) is 0 Å². The van der Waals surface area contributed by atoms with E-state index in [0.717, 1.165) is 19.0 Å². The first-order valence-electron chi connectivity index (χ1n) is 4.84. The lowest BCUT2D eigenvalue weighted by molar-refractivity contribution is 0.0691. The standard InChI is InChI=1S/C9H9N5O2/c15-8(16)5-3-11-7(12-5)6-4-14-2-1-10-9(14)13-6/h3-4H,1-2H2,(H,10,13)(H,11,12)(H,15,16). The molecule has 3 N–H and O–H groups in total. The van der Waals surface area contributed by atoms with E-state index in [-0.39, 0.29) is 5.69 Å². The van der Waals surface area contributed by atoms with Gasteiger partial charge in [-0.25, -0.2) is 14.8 Å². The molecule has 0 aliphatic carbocycles. The highest BCUT2D eigenvalue weighted by molar-refractivity contribution is 5.85. The van der Waals surface area contributed by atoms with Crippen LogP contribution in [0.15, 0.2) is 12.4 Å². The Hall–Kier alpha value is -2.31. The van der Waals surface area contributed by atoms with Gasteiger partial charge in [0.1, 0.15) is 11.4 Å². The van der Waals surface area contributed by atoms with Gasteiger partial charge in [0.05, 0.1) is 6.20 Å². The molecule has 0 spiro atoms. The van der Waals surface area contributed by atoms with Gasteiger partial charge in [0.15, 0.2) is 5.82 Å². The van der Waals surface area contributed by atoms with Crippen LogP contribution in [-0.4, -0.2) is 37.1 Å². The normalized spacial score (nSPS) is 13.5. The highest BCUT2D eigenvalue weighted by Gasteiger charge is 2.16. The number of hydrogen-bond donors (Lipinski definition) is 3. The van der Waals surface area contributed by atoms with E-state index in [2.05, 4.69) is 20.3 Å². The van der Waals surface area contributed by atoms with E-state index in [1.807, 2.05) is 10.8 Å². The number of imidazole rings is 2. The van der Waals surface area contributed by atoms with Crippen LogP contribution in [0.1, 0.15) is 10.5 Å². The molecule has 16 heavy (non-hydrogen) atoms. The fourth-order valence-corrected chi connectivity index (χ4v) is 1.69. The number of carboxylic acid groups (broad SMARTS) is 1. The molecular formula is C9H9N5O2. The number of H-pyrrole nitrogens is 1. The fraction of sp³-hybridized carbons (Fsp3) is 0.222. The first kappa shape index (κ1) is 8.96. The van der Waals surface area contributed by atoms with Gasteiger partial charge < -0.3 is 20.0 Å². The van der Waals surface area contributed by atoms with Gasteiger partial charge in [-0.2, -0.15) is 0 Å². The number of aromatic carboxylic acids is 1. The molecule has 0 atom stereocenters. The summed E-state index contributed by atoms with van der Waals surface area (Å²) < 4.78 is 1.97. The second-order valence-electron chi connectivity index (χ2n) is 3.52. The molecule has 2 aromatic rings. The highest BCUT2D eigenvalue weighted by Crippen LogP contribution is 2.20. The minimum atomic E-state index is -1.02.